The lowest BCUT2D eigenvalue weighted by molar-refractivity contribution is 0.256. The zero-order valence-electron chi connectivity index (χ0n) is 22.2. The first-order valence-corrected chi connectivity index (χ1v) is 13.0. The molecule has 2 amide bonds. The van der Waals surface area contributed by atoms with Crippen LogP contribution < -0.4 is 26.7 Å². The van der Waals surface area contributed by atoms with E-state index >= 15 is 0 Å². The first kappa shape index (κ1) is 26.6. The highest BCUT2D eigenvalue weighted by Crippen LogP contribution is 2.27. The Balaban J connectivity index is 1.36. The Labute approximate surface area is 230 Å². The minimum Gasteiger partial charge on any atom is -0.494 e. The molecule has 40 heavy (non-hydrogen) atoms. The van der Waals surface area contributed by atoms with Crippen LogP contribution in [0.15, 0.2) is 64.6 Å². The third kappa shape index (κ3) is 6.15. The van der Waals surface area contributed by atoms with E-state index in [1.54, 1.807) is 42.5 Å². The zero-order valence-corrected chi connectivity index (χ0v) is 22.2. The molecule has 0 bridgehead atoms. The number of amides is 2. The van der Waals surface area contributed by atoms with Crippen molar-refractivity contribution in [3.63, 3.8) is 0 Å². The summed E-state index contributed by atoms with van der Waals surface area (Å²) in [7, 11) is 0. The number of rotatable bonds is 12. The molecule has 206 valence electrons. The molecule has 3 heterocycles. The Hall–Kier alpha value is -5.04. The molecule has 2 aromatic heterocycles. The molecule has 0 aliphatic carbocycles. The number of carbonyl (C=O) groups is 1. The van der Waals surface area contributed by atoms with E-state index in [-0.39, 0.29) is 11.8 Å². The molecule has 2 aromatic carbocycles. The van der Waals surface area contributed by atoms with Crippen molar-refractivity contribution < 1.29 is 15.0 Å². The Bertz CT molecular complexity index is 1610. The van der Waals surface area contributed by atoms with Gasteiger partial charge in [0.2, 0.25) is 17.8 Å². The molecule has 1 aliphatic heterocycles. The molecule has 0 unspecified atom stereocenters. The van der Waals surface area contributed by atoms with Crippen molar-refractivity contribution in [3.05, 3.63) is 65.3 Å². The van der Waals surface area contributed by atoms with Crippen molar-refractivity contribution in [2.45, 2.75) is 20.3 Å². The second kappa shape index (κ2) is 11.8. The molecule has 1 aliphatic rings. The quantitative estimate of drug-likeness (QED) is 0.168. The number of nitrogens with zero attached hydrogens (tertiary/aromatic N) is 7. The van der Waals surface area contributed by atoms with Gasteiger partial charge in [0, 0.05) is 30.1 Å². The molecule has 0 spiro atoms. The van der Waals surface area contributed by atoms with Crippen molar-refractivity contribution in [2.75, 3.05) is 42.1 Å². The van der Waals surface area contributed by atoms with Crippen molar-refractivity contribution in [2.24, 2.45) is 9.98 Å². The summed E-state index contributed by atoms with van der Waals surface area (Å²) in [6.07, 6.45) is 0.920. The van der Waals surface area contributed by atoms with Crippen molar-refractivity contribution in [3.8, 4) is 17.4 Å². The fourth-order valence-corrected chi connectivity index (χ4v) is 4.26. The van der Waals surface area contributed by atoms with E-state index in [2.05, 4.69) is 59.6 Å². The molecular formula is C27H30N10O3. The van der Waals surface area contributed by atoms with Gasteiger partial charge in [0.25, 0.3) is 0 Å². The Kier molecular flexibility index (Phi) is 7.82. The van der Waals surface area contributed by atoms with E-state index in [4.69, 9.17) is 0 Å². The number of aromatic hydroxyl groups is 2. The SMILES string of the molecule is CCN(CC)CCCNc1nc(Nc2ccc(-n3c(O)ccc3O)cc2)nc(Nc2ccc3c(c2)=NC(=O)N=3)n1. The van der Waals surface area contributed by atoms with Gasteiger partial charge in [0.15, 0.2) is 11.8 Å². The lowest BCUT2D eigenvalue weighted by atomic mass is 10.3. The first-order valence-electron chi connectivity index (χ1n) is 13.0. The summed E-state index contributed by atoms with van der Waals surface area (Å²) in [4.78, 5) is 35.2. The topological polar surface area (TPSA) is 165 Å². The highest BCUT2D eigenvalue weighted by Gasteiger charge is 2.12. The minimum absolute atomic E-state index is 0.0690. The lowest BCUT2D eigenvalue weighted by Gasteiger charge is -2.17. The summed E-state index contributed by atoms with van der Waals surface area (Å²) >= 11 is 0. The number of aromatic nitrogens is 4. The summed E-state index contributed by atoms with van der Waals surface area (Å²) in [5.74, 6) is 0.860. The van der Waals surface area contributed by atoms with Gasteiger partial charge in [-0.05, 0) is 68.5 Å². The standard InChI is InChI=1S/C27H30N10O3/c1-3-36(4-2)15-5-14-28-24-33-25(29-17-6-9-19(10-7-17)37-22(38)12-13-23(37)39)35-26(34-24)30-18-8-11-20-21(16-18)32-27(40)31-20/h6-13,16,38-39H,3-5,14-15H2,1-2H3,(H3,28,29,30,33,34,35). The number of hydrogen-bond donors (Lipinski definition) is 5. The van der Waals surface area contributed by atoms with E-state index < -0.39 is 6.03 Å². The summed E-state index contributed by atoms with van der Waals surface area (Å²) in [6, 6.07) is 14.6. The summed E-state index contributed by atoms with van der Waals surface area (Å²) in [5, 5.41) is 30.6. The maximum atomic E-state index is 11.5. The van der Waals surface area contributed by atoms with Gasteiger partial charge >= 0.3 is 6.03 Å². The van der Waals surface area contributed by atoms with Gasteiger partial charge in [-0.1, -0.05) is 13.8 Å². The third-order valence-corrected chi connectivity index (χ3v) is 6.35. The number of nitrogens with one attached hydrogen (secondary N) is 3. The fraction of sp³-hybridized carbons (Fsp3) is 0.259. The van der Waals surface area contributed by atoms with Crippen molar-refractivity contribution in [1.82, 2.24) is 24.4 Å². The van der Waals surface area contributed by atoms with E-state index in [1.165, 1.54) is 16.7 Å². The van der Waals surface area contributed by atoms with Crippen molar-refractivity contribution >= 4 is 35.3 Å². The van der Waals surface area contributed by atoms with E-state index in [0.717, 1.165) is 26.1 Å². The number of anilines is 5. The number of fused-ring (bicyclic) bond motifs is 1. The summed E-state index contributed by atoms with van der Waals surface area (Å²) in [5.41, 5.74) is 1.93. The number of urea groups is 1. The second-order valence-corrected chi connectivity index (χ2v) is 9.01. The maximum absolute atomic E-state index is 11.5. The average molecular weight is 543 g/mol. The molecule has 4 aromatic rings. The lowest BCUT2D eigenvalue weighted by Crippen LogP contribution is -2.25. The largest absolute Gasteiger partial charge is 0.494 e. The van der Waals surface area contributed by atoms with Crippen LogP contribution in [0.4, 0.5) is 34.0 Å². The van der Waals surface area contributed by atoms with Crippen LogP contribution in [0, 0.1) is 0 Å². The predicted octanol–water partition coefficient (Wildman–Crippen LogP) is 3.08. The zero-order chi connectivity index (χ0) is 28.1. The van der Waals surface area contributed by atoms with Crippen molar-refractivity contribution in [1.29, 1.82) is 0 Å². The van der Waals surface area contributed by atoms with Crippen LogP contribution in [-0.4, -0.2) is 66.8 Å². The van der Waals surface area contributed by atoms with E-state index in [1.807, 2.05) is 0 Å². The Morgan fingerprint density at radius 1 is 0.775 bits per heavy atom. The molecule has 13 heteroatoms. The first-order chi connectivity index (χ1) is 19.4. The summed E-state index contributed by atoms with van der Waals surface area (Å²) in [6.45, 7) is 7.93. The van der Waals surface area contributed by atoms with Crippen LogP contribution in [0.1, 0.15) is 20.3 Å². The van der Waals surface area contributed by atoms with Crippen LogP contribution in [0.5, 0.6) is 11.8 Å². The molecule has 0 fully saturated rings. The van der Waals surface area contributed by atoms with Crippen LogP contribution >= 0.6 is 0 Å². The molecule has 0 saturated heterocycles. The molecule has 13 nitrogen and oxygen atoms in total. The van der Waals surface area contributed by atoms with Gasteiger partial charge in [0.1, 0.15) is 0 Å². The van der Waals surface area contributed by atoms with Gasteiger partial charge in [-0.2, -0.15) is 24.9 Å². The van der Waals surface area contributed by atoms with Gasteiger partial charge in [-0.3, -0.25) is 4.57 Å². The minimum atomic E-state index is -0.525. The smallest absolute Gasteiger partial charge is 0.368 e. The molecule has 5 N–H and O–H groups in total. The highest BCUT2D eigenvalue weighted by atomic mass is 16.3. The van der Waals surface area contributed by atoms with Crippen LogP contribution in [0.25, 0.3) is 5.69 Å². The van der Waals surface area contributed by atoms with E-state index in [0.29, 0.717) is 52.2 Å². The molecular weight excluding hydrogens is 512 g/mol. The predicted molar refractivity (Wildman–Crippen MR) is 151 cm³/mol. The van der Waals surface area contributed by atoms with Crippen LogP contribution in [0.3, 0.4) is 0 Å². The molecule has 0 saturated carbocycles. The number of hydrogen-bond acceptors (Lipinski definition) is 10. The monoisotopic (exact) mass is 542 g/mol. The highest BCUT2D eigenvalue weighted by molar-refractivity contribution is 5.77. The molecule has 5 rings (SSSR count). The van der Waals surface area contributed by atoms with Crippen LogP contribution in [-0.2, 0) is 0 Å². The maximum Gasteiger partial charge on any atom is 0.368 e. The van der Waals surface area contributed by atoms with Gasteiger partial charge in [-0.25, -0.2) is 4.79 Å². The van der Waals surface area contributed by atoms with Gasteiger partial charge in [-0.15, -0.1) is 0 Å². The number of carbonyl (C=O) groups excluding carboxylic acids is 1. The molecule has 0 atom stereocenters. The van der Waals surface area contributed by atoms with Gasteiger partial charge < -0.3 is 31.1 Å². The normalized spacial score (nSPS) is 12.1. The van der Waals surface area contributed by atoms with Crippen LogP contribution in [0.2, 0.25) is 0 Å². The Morgan fingerprint density at radius 2 is 1.38 bits per heavy atom. The fourth-order valence-electron chi connectivity index (χ4n) is 4.26. The van der Waals surface area contributed by atoms with Gasteiger partial charge in [0.05, 0.1) is 16.4 Å². The average Bonchev–Trinajstić information content (AvgIpc) is 3.48. The third-order valence-electron chi connectivity index (χ3n) is 6.35. The second-order valence-electron chi connectivity index (χ2n) is 9.01. The summed E-state index contributed by atoms with van der Waals surface area (Å²) < 4.78 is 1.32. The Morgan fingerprint density at radius 3 is 2.05 bits per heavy atom. The number of benzene rings is 2. The molecule has 0 radical (unpaired) electrons. The van der Waals surface area contributed by atoms with E-state index in [9.17, 15) is 15.0 Å².